The minimum Gasteiger partial charge on any atom is -0.355 e. The van der Waals surface area contributed by atoms with E-state index in [2.05, 4.69) is 32.0 Å². The molecule has 1 atom stereocenters. The number of rotatable bonds is 2. The van der Waals surface area contributed by atoms with Gasteiger partial charge in [0.2, 0.25) is 0 Å². The summed E-state index contributed by atoms with van der Waals surface area (Å²) in [6, 6.07) is 8.20. The summed E-state index contributed by atoms with van der Waals surface area (Å²) in [6.45, 7) is 1.98. The lowest BCUT2D eigenvalue weighted by atomic mass is 9.97. The van der Waals surface area contributed by atoms with Crippen molar-refractivity contribution in [3.8, 4) is 0 Å². The lowest BCUT2D eigenvalue weighted by Gasteiger charge is -2.32. The second-order valence-corrected chi connectivity index (χ2v) is 5.49. The second kappa shape index (κ2) is 5.16. The number of benzene rings is 1. The molecule has 1 aliphatic rings. The summed E-state index contributed by atoms with van der Waals surface area (Å²) in [4.78, 5) is 19.1. The Morgan fingerprint density at radius 1 is 1.19 bits per heavy atom. The number of nitrogens with zero attached hydrogens (tertiary/aromatic N) is 4. The lowest BCUT2D eigenvalue weighted by molar-refractivity contribution is 0.492. The molecule has 0 bridgehead atoms. The molecule has 3 aromatic rings. The predicted octanol–water partition coefficient (Wildman–Crippen LogP) is 2.74. The summed E-state index contributed by atoms with van der Waals surface area (Å²) in [5.41, 5.74) is 2.16. The van der Waals surface area contributed by atoms with Gasteiger partial charge in [0.25, 0.3) is 0 Å². The number of H-pyrrole nitrogens is 1. The number of fused-ring (bicyclic) bond motifs is 1. The second-order valence-electron chi connectivity index (χ2n) is 5.49. The van der Waals surface area contributed by atoms with Crippen LogP contribution in [0.5, 0.6) is 0 Å². The Morgan fingerprint density at radius 3 is 3.00 bits per heavy atom. The Bertz CT molecular complexity index is 704. The highest BCUT2D eigenvalue weighted by atomic mass is 15.2. The molecular weight excluding hydrogens is 262 g/mol. The molecule has 4 rings (SSSR count). The zero-order chi connectivity index (χ0) is 14.1. The van der Waals surface area contributed by atoms with Gasteiger partial charge in [-0.2, -0.15) is 0 Å². The first-order chi connectivity index (χ1) is 10.4. The summed E-state index contributed by atoms with van der Waals surface area (Å²) in [7, 11) is 0. The van der Waals surface area contributed by atoms with Gasteiger partial charge >= 0.3 is 0 Å². The molecule has 0 aliphatic carbocycles. The van der Waals surface area contributed by atoms with Crippen molar-refractivity contribution in [3.05, 3.63) is 48.7 Å². The molecular formula is C16H17N5. The molecule has 5 heteroatoms. The highest BCUT2D eigenvalue weighted by Crippen LogP contribution is 2.28. The first kappa shape index (κ1) is 12.3. The minimum atomic E-state index is 0.424. The van der Waals surface area contributed by atoms with Crippen molar-refractivity contribution in [2.45, 2.75) is 18.8 Å². The SMILES string of the molecule is c1ccc2[nH]c([C@@H]3CCCN(c4cnccn4)C3)nc2c1. The standard InChI is InChI=1S/C16H17N5/c1-2-6-14-13(5-1)19-16(20-14)12-4-3-9-21(11-12)15-10-17-7-8-18-15/h1-2,5-8,10,12H,3-4,9,11H2,(H,19,20)/t12-/m1/s1. The van der Waals surface area contributed by atoms with E-state index in [1.54, 1.807) is 12.4 Å². The van der Waals surface area contributed by atoms with E-state index < -0.39 is 0 Å². The molecule has 1 saturated heterocycles. The Hall–Kier alpha value is -2.43. The molecule has 3 heterocycles. The van der Waals surface area contributed by atoms with Gasteiger partial charge in [0.05, 0.1) is 17.2 Å². The number of hydrogen-bond donors (Lipinski definition) is 1. The number of aromatic amines is 1. The van der Waals surface area contributed by atoms with Gasteiger partial charge in [0.1, 0.15) is 11.6 Å². The third-order valence-corrected chi connectivity index (χ3v) is 4.09. The first-order valence-electron chi connectivity index (χ1n) is 7.36. The summed E-state index contributed by atoms with van der Waals surface area (Å²) in [5.74, 6) is 2.47. The molecule has 1 aromatic carbocycles. The highest BCUT2D eigenvalue weighted by Gasteiger charge is 2.24. The fourth-order valence-electron chi connectivity index (χ4n) is 3.03. The number of aromatic nitrogens is 4. The summed E-state index contributed by atoms with van der Waals surface area (Å²) in [5, 5.41) is 0. The summed E-state index contributed by atoms with van der Waals surface area (Å²) < 4.78 is 0. The van der Waals surface area contributed by atoms with Crippen LogP contribution in [0.1, 0.15) is 24.6 Å². The molecule has 1 fully saturated rings. The highest BCUT2D eigenvalue weighted by molar-refractivity contribution is 5.74. The van der Waals surface area contributed by atoms with Gasteiger partial charge in [-0.05, 0) is 25.0 Å². The van der Waals surface area contributed by atoms with Gasteiger partial charge in [0, 0.05) is 31.4 Å². The molecule has 0 saturated carbocycles. The molecule has 2 aromatic heterocycles. The monoisotopic (exact) mass is 279 g/mol. The maximum absolute atomic E-state index is 4.75. The molecule has 1 aliphatic heterocycles. The van der Waals surface area contributed by atoms with E-state index >= 15 is 0 Å². The van der Waals surface area contributed by atoms with Crippen LogP contribution in [0.3, 0.4) is 0 Å². The molecule has 21 heavy (non-hydrogen) atoms. The van der Waals surface area contributed by atoms with Crippen molar-refractivity contribution in [1.29, 1.82) is 0 Å². The van der Waals surface area contributed by atoms with Gasteiger partial charge in [0.15, 0.2) is 0 Å². The maximum atomic E-state index is 4.75. The number of piperidine rings is 1. The number of para-hydroxylation sites is 2. The third kappa shape index (κ3) is 2.35. The van der Waals surface area contributed by atoms with Gasteiger partial charge in [-0.15, -0.1) is 0 Å². The lowest BCUT2D eigenvalue weighted by Crippen LogP contribution is -2.35. The van der Waals surface area contributed by atoms with Crippen LogP contribution in [0, 0.1) is 0 Å². The van der Waals surface area contributed by atoms with Crippen LogP contribution < -0.4 is 4.90 Å². The van der Waals surface area contributed by atoms with Crippen molar-refractivity contribution in [3.63, 3.8) is 0 Å². The Balaban J connectivity index is 1.60. The molecule has 0 amide bonds. The fraction of sp³-hybridized carbons (Fsp3) is 0.312. The van der Waals surface area contributed by atoms with Crippen molar-refractivity contribution < 1.29 is 0 Å². The Morgan fingerprint density at radius 2 is 2.14 bits per heavy atom. The van der Waals surface area contributed by atoms with Crippen LogP contribution in [0.4, 0.5) is 5.82 Å². The normalized spacial score (nSPS) is 19.0. The number of hydrogen-bond acceptors (Lipinski definition) is 4. The van der Waals surface area contributed by atoms with E-state index in [0.29, 0.717) is 5.92 Å². The van der Waals surface area contributed by atoms with Crippen LogP contribution in [-0.2, 0) is 0 Å². The Kier molecular flexibility index (Phi) is 3.03. The van der Waals surface area contributed by atoms with Crippen LogP contribution in [0.2, 0.25) is 0 Å². The van der Waals surface area contributed by atoms with E-state index in [4.69, 9.17) is 4.98 Å². The largest absolute Gasteiger partial charge is 0.355 e. The van der Waals surface area contributed by atoms with Gasteiger partial charge in [-0.25, -0.2) is 9.97 Å². The molecule has 0 spiro atoms. The third-order valence-electron chi connectivity index (χ3n) is 4.09. The molecule has 0 unspecified atom stereocenters. The van der Waals surface area contributed by atoms with Crippen molar-refractivity contribution in [2.75, 3.05) is 18.0 Å². The van der Waals surface area contributed by atoms with Crippen LogP contribution in [0.25, 0.3) is 11.0 Å². The van der Waals surface area contributed by atoms with Crippen molar-refractivity contribution in [1.82, 2.24) is 19.9 Å². The van der Waals surface area contributed by atoms with Gasteiger partial charge < -0.3 is 9.88 Å². The van der Waals surface area contributed by atoms with E-state index in [9.17, 15) is 0 Å². The Labute approximate surface area is 123 Å². The average Bonchev–Trinajstić information content (AvgIpc) is 3.00. The minimum absolute atomic E-state index is 0.424. The van der Waals surface area contributed by atoms with Crippen molar-refractivity contribution >= 4 is 16.9 Å². The van der Waals surface area contributed by atoms with E-state index in [-0.39, 0.29) is 0 Å². The van der Waals surface area contributed by atoms with E-state index in [0.717, 1.165) is 48.6 Å². The van der Waals surface area contributed by atoms with Crippen LogP contribution in [0.15, 0.2) is 42.9 Å². The molecule has 1 N–H and O–H groups in total. The molecule has 5 nitrogen and oxygen atoms in total. The smallest absolute Gasteiger partial charge is 0.147 e. The summed E-state index contributed by atoms with van der Waals surface area (Å²) >= 11 is 0. The summed E-state index contributed by atoms with van der Waals surface area (Å²) in [6.07, 6.45) is 7.61. The molecule has 106 valence electrons. The average molecular weight is 279 g/mol. The number of imidazole rings is 1. The number of nitrogens with one attached hydrogen (secondary N) is 1. The van der Waals surface area contributed by atoms with Crippen molar-refractivity contribution in [2.24, 2.45) is 0 Å². The maximum Gasteiger partial charge on any atom is 0.147 e. The molecule has 0 radical (unpaired) electrons. The van der Waals surface area contributed by atoms with E-state index in [1.807, 2.05) is 18.3 Å². The van der Waals surface area contributed by atoms with Gasteiger partial charge in [-0.1, -0.05) is 12.1 Å². The van der Waals surface area contributed by atoms with E-state index in [1.165, 1.54) is 0 Å². The first-order valence-corrected chi connectivity index (χ1v) is 7.36. The van der Waals surface area contributed by atoms with Crippen LogP contribution in [-0.4, -0.2) is 33.0 Å². The zero-order valence-corrected chi connectivity index (χ0v) is 11.7. The topological polar surface area (TPSA) is 57.7 Å². The van der Waals surface area contributed by atoms with Crippen LogP contribution >= 0.6 is 0 Å². The quantitative estimate of drug-likeness (QED) is 0.783. The predicted molar refractivity (Wildman–Crippen MR) is 82.3 cm³/mol. The van der Waals surface area contributed by atoms with Gasteiger partial charge in [-0.3, -0.25) is 4.98 Å². The number of anilines is 1. The fourth-order valence-corrected chi connectivity index (χ4v) is 3.03. The zero-order valence-electron chi connectivity index (χ0n) is 11.7.